The first-order valence-electron chi connectivity index (χ1n) is 8.64. The van der Waals surface area contributed by atoms with Crippen LogP contribution in [0.1, 0.15) is 33.3 Å². The minimum atomic E-state index is -0.875. The minimum absolute atomic E-state index is 0.115. The molecule has 8 heteroatoms. The van der Waals surface area contributed by atoms with Gasteiger partial charge in [0.05, 0.1) is 6.54 Å². The van der Waals surface area contributed by atoms with Crippen molar-refractivity contribution in [2.75, 3.05) is 13.1 Å². The van der Waals surface area contributed by atoms with E-state index < -0.39 is 29.6 Å². The van der Waals surface area contributed by atoms with Crippen LogP contribution >= 0.6 is 0 Å². The van der Waals surface area contributed by atoms with Gasteiger partial charge in [-0.15, -0.1) is 0 Å². The number of rotatable bonds is 8. The second-order valence-corrected chi connectivity index (χ2v) is 7.09. The minimum Gasteiger partial charge on any atom is -0.444 e. The number of benzene rings is 1. The molecule has 0 radical (unpaired) electrons. The van der Waals surface area contributed by atoms with Gasteiger partial charge in [-0.1, -0.05) is 30.3 Å². The molecule has 0 aliphatic rings. The first kappa shape index (κ1) is 22.1. The SMILES string of the molecule is CC(=O)CNC(=O)[C@H](Cc1ccccc1)NC(=O)CNC(=O)OC(C)(C)C. The van der Waals surface area contributed by atoms with E-state index in [9.17, 15) is 19.2 Å². The number of nitrogens with one attached hydrogen (secondary N) is 3. The largest absolute Gasteiger partial charge is 0.444 e. The van der Waals surface area contributed by atoms with Gasteiger partial charge in [-0.3, -0.25) is 14.4 Å². The molecule has 1 rings (SSSR count). The van der Waals surface area contributed by atoms with E-state index >= 15 is 0 Å². The van der Waals surface area contributed by atoms with Gasteiger partial charge in [-0.25, -0.2) is 4.79 Å². The summed E-state index contributed by atoms with van der Waals surface area (Å²) in [6.45, 7) is 6.04. The third kappa shape index (κ3) is 9.98. The third-order valence-corrected chi connectivity index (χ3v) is 3.24. The van der Waals surface area contributed by atoms with E-state index in [0.29, 0.717) is 0 Å². The first-order chi connectivity index (χ1) is 12.6. The second-order valence-electron chi connectivity index (χ2n) is 7.09. The van der Waals surface area contributed by atoms with E-state index in [1.807, 2.05) is 30.3 Å². The summed E-state index contributed by atoms with van der Waals surface area (Å²) in [7, 11) is 0. The smallest absolute Gasteiger partial charge is 0.408 e. The van der Waals surface area contributed by atoms with E-state index in [2.05, 4.69) is 16.0 Å². The number of alkyl carbamates (subject to hydrolysis) is 1. The molecule has 0 spiro atoms. The molecule has 0 saturated carbocycles. The van der Waals surface area contributed by atoms with E-state index in [-0.39, 0.29) is 25.3 Å². The average molecular weight is 377 g/mol. The molecule has 0 aromatic heterocycles. The van der Waals surface area contributed by atoms with Crippen LogP contribution < -0.4 is 16.0 Å². The lowest BCUT2D eigenvalue weighted by atomic mass is 10.1. The molecular weight excluding hydrogens is 350 g/mol. The van der Waals surface area contributed by atoms with Gasteiger partial charge in [0.2, 0.25) is 11.8 Å². The molecule has 1 aromatic rings. The number of carbonyl (C=O) groups is 4. The van der Waals surface area contributed by atoms with Gasteiger partial charge in [0.25, 0.3) is 0 Å². The standard InChI is InChI=1S/C19H27N3O5/c1-13(23)11-20-17(25)15(10-14-8-6-5-7-9-14)22-16(24)12-21-18(26)27-19(2,3)4/h5-9,15H,10-12H2,1-4H3,(H,20,25)(H,21,26)(H,22,24)/t15-/m0/s1. The van der Waals surface area contributed by atoms with Crippen molar-refractivity contribution in [3.05, 3.63) is 35.9 Å². The van der Waals surface area contributed by atoms with Crippen molar-refractivity contribution in [3.63, 3.8) is 0 Å². The Morgan fingerprint density at radius 2 is 1.63 bits per heavy atom. The summed E-state index contributed by atoms with van der Waals surface area (Å²) >= 11 is 0. The predicted molar refractivity (Wildman–Crippen MR) is 100 cm³/mol. The molecule has 27 heavy (non-hydrogen) atoms. The maximum Gasteiger partial charge on any atom is 0.408 e. The Balaban J connectivity index is 2.66. The van der Waals surface area contributed by atoms with Crippen LogP contribution in [0.4, 0.5) is 4.79 Å². The van der Waals surface area contributed by atoms with Crippen molar-refractivity contribution in [1.82, 2.24) is 16.0 Å². The van der Waals surface area contributed by atoms with Crippen molar-refractivity contribution in [1.29, 1.82) is 0 Å². The predicted octanol–water partition coefficient (Wildman–Crippen LogP) is 0.944. The Hall–Kier alpha value is -2.90. The number of Topliss-reactive ketones (excluding diaryl/α,β-unsaturated/α-hetero) is 1. The molecule has 1 aromatic carbocycles. The molecule has 8 nitrogen and oxygen atoms in total. The Labute approximate surface area is 159 Å². The van der Waals surface area contributed by atoms with Crippen molar-refractivity contribution in [2.24, 2.45) is 0 Å². The zero-order valence-electron chi connectivity index (χ0n) is 16.1. The molecular formula is C19H27N3O5. The van der Waals surface area contributed by atoms with Crippen molar-refractivity contribution in [2.45, 2.75) is 45.8 Å². The van der Waals surface area contributed by atoms with Crippen molar-refractivity contribution in [3.8, 4) is 0 Å². The van der Waals surface area contributed by atoms with E-state index in [1.54, 1.807) is 20.8 Å². The van der Waals surface area contributed by atoms with E-state index in [4.69, 9.17) is 4.74 Å². The Bertz CT molecular complexity index is 668. The van der Waals surface area contributed by atoms with Gasteiger partial charge in [0.15, 0.2) is 0 Å². The number of ketones is 1. The quantitative estimate of drug-likeness (QED) is 0.624. The molecule has 0 aliphatic carbocycles. The third-order valence-electron chi connectivity index (χ3n) is 3.24. The highest BCUT2D eigenvalue weighted by atomic mass is 16.6. The van der Waals surface area contributed by atoms with Crippen molar-refractivity contribution < 1.29 is 23.9 Å². The zero-order valence-corrected chi connectivity index (χ0v) is 16.1. The summed E-state index contributed by atoms with van der Waals surface area (Å²) in [5, 5.41) is 7.40. The number of carbonyl (C=O) groups excluding carboxylic acids is 4. The van der Waals surface area contributed by atoms with Crippen LogP contribution in [0.5, 0.6) is 0 Å². The average Bonchev–Trinajstić information content (AvgIpc) is 2.56. The van der Waals surface area contributed by atoms with Crippen LogP contribution in [0.3, 0.4) is 0 Å². The summed E-state index contributed by atoms with van der Waals surface area (Å²) in [4.78, 5) is 47.2. The molecule has 1 atom stereocenters. The lowest BCUT2D eigenvalue weighted by Gasteiger charge is -2.21. The number of hydrogen-bond acceptors (Lipinski definition) is 5. The number of amides is 3. The molecule has 3 amide bonds. The maximum atomic E-state index is 12.3. The Morgan fingerprint density at radius 1 is 1.00 bits per heavy atom. The van der Waals surface area contributed by atoms with Crippen LogP contribution in [0.25, 0.3) is 0 Å². The van der Waals surface area contributed by atoms with Crippen LogP contribution in [0.2, 0.25) is 0 Å². The summed E-state index contributed by atoms with van der Waals surface area (Å²) in [5.41, 5.74) is 0.170. The molecule has 0 heterocycles. The highest BCUT2D eigenvalue weighted by Gasteiger charge is 2.22. The van der Waals surface area contributed by atoms with E-state index in [1.165, 1.54) is 6.92 Å². The van der Waals surface area contributed by atoms with Crippen LogP contribution in [-0.2, 0) is 25.5 Å². The molecule has 0 aliphatic heterocycles. The molecule has 3 N–H and O–H groups in total. The first-order valence-corrected chi connectivity index (χ1v) is 8.64. The van der Waals surface area contributed by atoms with Gasteiger partial charge in [-0.2, -0.15) is 0 Å². The monoisotopic (exact) mass is 377 g/mol. The molecule has 0 fully saturated rings. The van der Waals surface area contributed by atoms with Gasteiger partial charge >= 0.3 is 6.09 Å². The fourth-order valence-electron chi connectivity index (χ4n) is 2.11. The summed E-state index contributed by atoms with van der Waals surface area (Å²) in [6, 6.07) is 8.28. The lowest BCUT2D eigenvalue weighted by Crippen LogP contribution is -2.51. The van der Waals surface area contributed by atoms with Crippen LogP contribution in [0, 0.1) is 0 Å². The lowest BCUT2D eigenvalue weighted by molar-refractivity contribution is -0.129. The van der Waals surface area contributed by atoms with Gasteiger partial charge in [0, 0.05) is 6.42 Å². The van der Waals surface area contributed by atoms with E-state index in [0.717, 1.165) is 5.56 Å². The van der Waals surface area contributed by atoms with Gasteiger partial charge < -0.3 is 20.7 Å². The fourth-order valence-corrected chi connectivity index (χ4v) is 2.11. The zero-order chi connectivity index (χ0) is 20.4. The number of hydrogen-bond donors (Lipinski definition) is 3. The topological polar surface area (TPSA) is 114 Å². The highest BCUT2D eigenvalue weighted by Crippen LogP contribution is 2.06. The molecule has 0 saturated heterocycles. The van der Waals surface area contributed by atoms with Crippen LogP contribution in [-0.4, -0.2) is 48.4 Å². The maximum absolute atomic E-state index is 12.3. The molecule has 0 unspecified atom stereocenters. The molecule has 0 bridgehead atoms. The fraction of sp³-hybridized carbons (Fsp3) is 0.474. The molecule has 148 valence electrons. The second kappa shape index (κ2) is 10.3. The Kier molecular flexibility index (Phi) is 8.44. The summed E-state index contributed by atoms with van der Waals surface area (Å²) in [6.07, 6.45) is -0.471. The van der Waals surface area contributed by atoms with Gasteiger partial charge in [-0.05, 0) is 33.3 Å². The van der Waals surface area contributed by atoms with Gasteiger partial charge in [0.1, 0.15) is 24.0 Å². The highest BCUT2D eigenvalue weighted by molar-refractivity contribution is 5.91. The summed E-state index contributed by atoms with van der Waals surface area (Å²) < 4.78 is 5.05. The normalized spacial score (nSPS) is 11.9. The number of ether oxygens (including phenoxy) is 1. The summed E-state index contributed by atoms with van der Waals surface area (Å²) in [5.74, 6) is -1.21. The van der Waals surface area contributed by atoms with Crippen LogP contribution in [0.15, 0.2) is 30.3 Å². The Morgan fingerprint density at radius 3 is 2.19 bits per heavy atom. The van der Waals surface area contributed by atoms with Crippen molar-refractivity contribution >= 4 is 23.7 Å².